The number of rotatable bonds is 10. The van der Waals surface area contributed by atoms with E-state index < -0.39 is 0 Å². The van der Waals surface area contributed by atoms with Gasteiger partial charge < -0.3 is 25.0 Å². The van der Waals surface area contributed by atoms with Gasteiger partial charge in [0.05, 0.1) is 5.92 Å². The van der Waals surface area contributed by atoms with Crippen LogP contribution in [0, 0.1) is 26.7 Å². The smallest absolute Gasteiger partial charge is 0.262 e. The highest BCUT2D eigenvalue weighted by Gasteiger charge is 2.34. The van der Waals surface area contributed by atoms with Gasteiger partial charge in [-0.05, 0) is 62.6 Å². The molecule has 0 aromatic heterocycles. The number of hydrogen-bond acceptors (Lipinski definition) is 5. The third kappa shape index (κ3) is 6.57. The molecular formula is C26H33N3O5. The van der Waals surface area contributed by atoms with Gasteiger partial charge in [0, 0.05) is 44.6 Å². The normalized spacial score (nSPS) is 15.4. The third-order valence-electron chi connectivity index (χ3n) is 5.78. The maximum atomic E-state index is 12.5. The average Bonchev–Trinajstić information content (AvgIpc) is 3.19. The Morgan fingerprint density at radius 2 is 1.76 bits per heavy atom. The Morgan fingerprint density at radius 1 is 1.09 bits per heavy atom. The maximum absolute atomic E-state index is 12.5. The largest absolute Gasteiger partial charge is 0.484 e. The van der Waals surface area contributed by atoms with Crippen LogP contribution in [-0.4, -0.2) is 51.1 Å². The molecule has 0 spiro atoms. The van der Waals surface area contributed by atoms with E-state index in [2.05, 4.69) is 10.6 Å². The minimum Gasteiger partial charge on any atom is -0.484 e. The summed E-state index contributed by atoms with van der Waals surface area (Å²) in [5.74, 6) is -0.294. The minimum absolute atomic E-state index is 0.0890. The number of aryl methyl sites for hydroxylation is 3. The average molecular weight is 468 g/mol. The molecule has 3 amide bonds. The van der Waals surface area contributed by atoms with E-state index in [9.17, 15) is 14.4 Å². The van der Waals surface area contributed by atoms with Crippen molar-refractivity contribution in [3.8, 4) is 5.75 Å². The molecule has 0 bridgehead atoms. The summed E-state index contributed by atoms with van der Waals surface area (Å²) < 4.78 is 10.6. The quantitative estimate of drug-likeness (QED) is 0.524. The van der Waals surface area contributed by atoms with E-state index in [1.165, 1.54) is 0 Å². The molecule has 3 rings (SSSR count). The van der Waals surface area contributed by atoms with Gasteiger partial charge in [0.25, 0.3) is 5.91 Å². The van der Waals surface area contributed by atoms with Gasteiger partial charge in [-0.25, -0.2) is 0 Å². The number of carbonyl (C=O) groups excluding carboxylic acids is 3. The van der Waals surface area contributed by atoms with Crippen molar-refractivity contribution < 1.29 is 23.9 Å². The number of nitrogens with zero attached hydrogens (tertiary/aromatic N) is 1. The lowest BCUT2D eigenvalue weighted by Gasteiger charge is -2.17. The molecule has 8 nitrogen and oxygen atoms in total. The van der Waals surface area contributed by atoms with Crippen molar-refractivity contribution in [2.24, 2.45) is 5.92 Å². The second-order valence-electron chi connectivity index (χ2n) is 8.65. The van der Waals surface area contributed by atoms with E-state index in [1.54, 1.807) is 36.3 Å². The molecule has 1 saturated heterocycles. The fourth-order valence-electron chi connectivity index (χ4n) is 4.13. The van der Waals surface area contributed by atoms with E-state index in [0.29, 0.717) is 31.1 Å². The highest BCUT2D eigenvalue weighted by atomic mass is 16.5. The Morgan fingerprint density at radius 3 is 2.41 bits per heavy atom. The first-order valence-electron chi connectivity index (χ1n) is 11.5. The Balaban J connectivity index is 1.50. The van der Waals surface area contributed by atoms with Gasteiger partial charge in [0.1, 0.15) is 5.75 Å². The van der Waals surface area contributed by atoms with Gasteiger partial charge in [-0.2, -0.15) is 0 Å². The maximum Gasteiger partial charge on any atom is 0.262 e. The van der Waals surface area contributed by atoms with Crippen LogP contribution in [0.3, 0.4) is 0 Å². The Kier molecular flexibility index (Phi) is 8.65. The van der Waals surface area contributed by atoms with Gasteiger partial charge in [0.15, 0.2) is 6.61 Å². The van der Waals surface area contributed by atoms with Crippen LogP contribution in [0.15, 0.2) is 36.4 Å². The Hall–Kier alpha value is -3.39. The summed E-state index contributed by atoms with van der Waals surface area (Å²) in [4.78, 5) is 38.8. The van der Waals surface area contributed by atoms with Crippen molar-refractivity contribution in [1.29, 1.82) is 0 Å². The van der Waals surface area contributed by atoms with Crippen molar-refractivity contribution in [3.05, 3.63) is 53.1 Å². The summed E-state index contributed by atoms with van der Waals surface area (Å²) in [6.45, 7) is 7.27. The number of amides is 3. The molecule has 0 radical (unpaired) electrons. The fraction of sp³-hybridized carbons (Fsp3) is 0.423. The van der Waals surface area contributed by atoms with Crippen LogP contribution in [0.5, 0.6) is 5.75 Å². The minimum atomic E-state index is -0.372. The van der Waals surface area contributed by atoms with Crippen molar-refractivity contribution in [3.63, 3.8) is 0 Å². The second kappa shape index (κ2) is 11.7. The number of methoxy groups -OCH3 is 1. The van der Waals surface area contributed by atoms with Crippen molar-refractivity contribution >= 4 is 29.1 Å². The predicted octanol–water partition coefficient (Wildman–Crippen LogP) is 3.13. The highest BCUT2D eigenvalue weighted by Crippen LogP contribution is 2.27. The van der Waals surface area contributed by atoms with Gasteiger partial charge in [-0.1, -0.05) is 17.7 Å². The summed E-state index contributed by atoms with van der Waals surface area (Å²) in [5.41, 5.74) is 4.66. The van der Waals surface area contributed by atoms with Crippen LogP contribution < -0.4 is 20.3 Å². The van der Waals surface area contributed by atoms with Crippen LogP contribution >= 0.6 is 0 Å². The molecule has 1 aliphatic rings. The van der Waals surface area contributed by atoms with Gasteiger partial charge in [-0.15, -0.1) is 0 Å². The summed E-state index contributed by atoms with van der Waals surface area (Å²) in [6.07, 6.45) is 0.919. The third-order valence-corrected chi connectivity index (χ3v) is 5.78. The molecular weight excluding hydrogens is 434 g/mol. The molecule has 182 valence electrons. The number of hydrogen-bond donors (Lipinski definition) is 2. The molecule has 2 aromatic carbocycles. The SMILES string of the molecule is COCCCNC(=O)[C@H]1CC(=O)N(c2ccc(OCC(=O)Nc3c(C)cc(C)cc3C)cc2)C1. The van der Waals surface area contributed by atoms with Crippen LogP contribution in [0.25, 0.3) is 0 Å². The summed E-state index contributed by atoms with van der Waals surface area (Å²) in [5, 5.41) is 5.77. The van der Waals surface area contributed by atoms with Crippen LogP contribution in [0.1, 0.15) is 29.5 Å². The summed E-state index contributed by atoms with van der Waals surface area (Å²) >= 11 is 0. The lowest BCUT2D eigenvalue weighted by molar-refractivity contribution is -0.126. The predicted molar refractivity (Wildman–Crippen MR) is 131 cm³/mol. The fourth-order valence-corrected chi connectivity index (χ4v) is 4.13. The van der Waals surface area contributed by atoms with Gasteiger partial charge >= 0.3 is 0 Å². The lowest BCUT2D eigenvalue weighted by atomic mass is 10.1. The number of nitrogens with one attached hydrogen (secondary N) is 2. The van der Waals surface area contributed by atoms with E-state index in [0.717, 1.165) is 28.8 Å². The van der Waals surface area contributed by atoms with Crippen molar-refractivity contribution in [2.45, 2.75) is 33.6 Å². The Bertz CT molecular complexity index is 1010. The lowest BCUT2D eigenvalue weighted by Crippen LogP contribution is -2.33. The molecule has 0 saturated carbocycles. The zero-order chi connectivity index (χ0) is 24.7. The zero-order valence-electron chi connectivity index (χ0n) is 20.3. The second-order valence-corrected chi connectivity index (χ2v) is 8.65. The number of ether oxygens (including phenoxy) is 2. The molecule has 0 unspecified atom stereocenters. The van der Waals surface area contributed by atoms with E-state index in [1.807, 2.05) is 32.9 Å². The summed E-state index contributed by atoms with van der Waals surface area (Å²) in [6, 6.07) is 11.0. The molecule has 8 heteroatoms. The van der Waals surface area contributed by atoms with Crippen LogP contribution in [-0.2, 0) is 19.1 Å². The molecule has 1 aliphatic heterocycles. The van der Waals surface area contributed by atoms with Crippen molar-refractivity contribution in [2.75, 3.05) is 43.6 Å². The standard InChI is InChI=1S/C26H33N3O5/c1-17-12-18(2)25(19(3)13-17)28-23(30)16-34-22-8-6-21(7-9-22)29-15-20(14-24(29)31)26(32)27-10-5-11-33-4/h6-9,12-13,20H,5,10-11,14-16H2,1-4H3,(H,27,32)(H,28,30)/t20-/m0/s1. The highest BCUT2D eigenvalue weighted by molar-refractivity contribution is 6.00. The number of carbonyl (C=O) groups is 3. The molecule has 1 atom stereocenters. The Labute approximate surface area is 200 Å². The number of anilines is 2. The van der Waals surface area contributed by atoms with E-state index in [-0.39, 0.29) is 36.7 Å². The van der Waals surface area contributed by atoms with Crippen LogP contribution in [0.4, 0.5) is 11.4 Å². The summed E-state index contributed by atoms with van der Waals surface area (Å²) in [7, 11) is 1.62. The van der Waals surface area contributed by atoms with Gasteiger partial charge in [-0.3, -0.25) is 14.4 Å². The van der Waals surface area contributed by atoms with Crippen LogP contribution in [0.2, 0.25) is 0 Å². The molecule has 2 aromatic rings. The molecule has 34 heavy (non-hydrogen) atoms. The first-order valence-corrected chi connectivity index (χ1v) is 11.5. The zero-order valence-corrected chi connectivity index (χ0v) is 20.3. The van der Waals surface area contributed by atoms with Crippen molar-refractivity contribution in [1.82, 2.24) is 5.32 Å². The molecule has 2 N–H and O–H groups in total. The first kappa shape index (κ1) is 25.2. The monoisotopic (exact) mass is 467 g/mol. The van der Waals surface area contributed by atoms with E-state index in [4.69, 9.17) is 9.47 Å². The first-order chi connectivity index (χ1) is 16.3. The van der Waals surface area contributed by atoms with Gasteiger partial charge in [0.2, 0.25) is 11.8 Å². The molecule has 0 aliphatic carbocycles. The topological polar surface area (TPSA) is 97.0 Å². The number of benzene rings is 2. The molecule has 1 fully saturated rings. The molecule has 1 heterocycles. The van der Waals surface area contributed by atoms with E-state index >= 15 is 0 Å².